The van der Waals surface area contributed by atoms with Crippen LogP contribution >= 0.6 is 34.5 Å². The first-order valence-electron chi connectivity index (χ1n) is 6.19. The lowest BCUT2D eigenvalue weighted by Crippen LogP contribution is -2.03. The molecule has 7 heteroatoms. The molecule has 3 heterocycles. The standard InChI is InChI=1S/C13H12Cl2N4S/c1-4-8-5-9-11(16-13(15)17-12(9)20-8)19-7(3)10(14)6(2)18-19/h5H,4H2,1-3H3. The molecule has 104 valence electrons. The molecule has 0 saturated carbocycles. The van der Waals surface area contributed by atoms with Crippen LogP contribution in [0.2, 0.25) is 10.3 Å². The molecular weight excluding hydrogens is 315 g/mol. The Morgan fingerprint density at radius 2 is 2.00 bits per heavy atom. The fourth-order valence-electron chi connectivity index (χ4n) is 2.10. The topological polar surface area (TPSA) is 43.6 Å². The molecule has 0 radical (unpaired) electrons. The van der Waals surface area contributed by atoms with E-state index in [1.165, 1.54) is 4.88 Å². The Kier molecular flexibility index (Phi) is 3.44. The van der Waals surface area contributed by atoms with Gasteiger partial charge in [0.15, 0.2) is 5.82 Å². The number of aromatic nitrogens is 4. The molecule has 0 unspecified atom stereocenters. The van der Waals surface area contributed by atoms with Gasteiger partial charge in [-0.25, -0.2) is 9.67 Å². The summed E-state index contributed by atoms with van der Waals surface area (Å²) in [5, 5.41) is 6.28. The number of hydrogen-bond acceptors (Lipinski definition) is 4. The minimum atomic E-state index is 0.223. The zero-order chi connectivity index (χ0) is 14.4. The van der Waals surface area contributed by atoms with Crippen molar-refractivity contribution < 1.29 is 0 Å². The summed E-state index contributed by atoms with van der Waals surface area (Å²) in [5.41, 5.74) is 1.63. The van der Waals surface area contributed by atoms with Crippen molar-refractivity contribution in [1.82, 2.24) is 19.7 Å². The minimum absolute atomic E-state index is 0.223. The molecule has 20 heavy (non-hydrogen) atoms. The summed E-state index contributed by atoms with van der Waals surface area (Å²) in [7, 11) is 0. The van der Waals surface area contributed by atoms with E-state index in [1.807, 2.05) is 13.8 Å². The van der Waals surface area contributed by atoms with E-state index in [2.05, 4.69) is 28.1 Å². The van der Waals surface area contributed by atoms with E-state index in [1.54, 1.807) is 16.0 Å². The van der Waals surface area contributed by atoms with Crippen LogP contribution in [0.5, 0.6) is 0 Å². The third kappa shape index (κ3) is 2.10. The monoisotopic (exact) mass is 326 g/mol. The summed E-state index contributed by atoms with van der Waals surface area (Å²) in [5.74, 6) is 0.684. The van der Waals surface area contributed by atoms with Crippen LogP contribution in [0.15, 0.2) is 6.07 Å². The Hall–Kier alpha value is -1.17. The number of aryl methyl sites for hydroxylation is 2. The molecule has 0 fully saturated rings. The average molecular weight is 327 g/mol. The van der Waals surface area contributed by atoms with Crippen LogP contribution in [0.4, 0.5) is 0 Å². The summed E-state index contributed by atoms with van der Waals surface area (Å²) >= 11 is 13.9. The molecule has 0 aromatic carbocycles. The average Bonchev–Trinajstić information content (AvgIpc) is 2.94. The summed E-state index contributed by atoms with van der Waals surface area (Å²) < 4.78 is 1.74. The smallest absolute Gasteiger partial charge is 0.217 e. The van der Waals surface area contributed by atoms with Crippen LogP contribution in [0.1, 0.15) is 23.2 Å². The van der Waals surface area contributed by atoms with Gasteiger partial charge in [0.05, 0.1) is 21.8 Å². The lowest BCUT2D eigenvalue weighted by Gasteiger charge is -2.05. The maximum Gasteiger partial charge on any atom is 0.225 e. The van der Waals surface area contributed by atoms with Crippen LogP contribution in [-0.2, 0) is 6.42 Å². The molecule has 0 amide bonds. The highest BCUT2D eigenvalue weighted by Crippen LogP contribution is 2.31. The number of rotatable bonds is 2. The zero-order valence-electron chi connectivity index (χ0n) is 11.2. The molecule has 0 spiro atoms. The lowest BCUT2D eigenvalue weighted by atomic mass is 10.3. The van der Waals surface area contributed by atoms with Crippen LogP contribution in [0.3, 0.4) is 0 Å². The Morgan fingerprint density at radius 3 is 2.60 bits per heavy atom. The minimum Gasteiger partial charge on any atom is -0.217 e. The van der Waals surface area contributed by atoms with Gasteiger partial charge in [0.1, 0.15) is 4.83 Å². The van der Waals surface area contributed by atoms with Gasteiger partial charge >= 0.3 is 0 Å². The molecule has 0 saturated heterocycles. The van der Waals surface area contributed by atoms with Crippen molar-refractivity contribution in [3.05, 3.63) is 32.6 Å². The first-order chi connectivity index (χ1) is 9.51. The van der Waals surface area contributed by atoms with Gasteiger partial charge in [0.25, 0.3) is 0 Å². The molecule has 0 bridgehead atoms. The normalized spacial score (nSPS) is 11.4. The van der Waals surface area contributed by atoms with Crippen molar-refractivity contribution in [2.75, 3.05) is 0 Å². The highest BCUT2D eigenvalue weighted by Gasteiger charge is 2.17. The maximum atomic E-state index is 6.21. The predicted molar refractivity (Wildman–Crippen MR) is 83.4 cm³/mol. The van der Waals surface area contributed by atoms with E-state index in [4.69, 9.17) is 23.2 Å². The highest BCUT2D eigenvalue weighted by atomic mass is 35.5. The molecule has 3 rings (SSSR count). The number of hydrogen-bond donors (Lipinski definition) is 0. The Balaban J connectivity index is 2.34. The molecule has 0 aliphatic rings. The van der Waals surface area contributed by atoms with Gasteiger partial charge in [-0.3, -0.25) is 0 Å². The molecule has 3 aromatic rings. The van der Waals surface area contributed by atoms with Crippen molar-refractivity contribution in [2.24, 2.45) is 0 Å². The molecule has 0 N–H and O–H groups in total. The lowest BCUT2D eigenvalue weighted by molar-refractivity contribution is 0.811. The van der Waals surface area contributed by atoms with E-state index in [0.29, 0.717) is 10.8 Å². The summed E-state index contributed by atoms with van der Waals surface area (Å²) in [6.07, 6.45) is 0.954. The van der Waals surface area contributed by atoms with Crippen LogP contribution in [-0.4, -0.2) is 19.7 Å². The third-order valence-electron chi connectivity index (χ3n) is 3.15. The summed E-state index contributed by atoms with van der Waals surface area (Å²) in [6.45, 7) is 5.90. The van der Waals surface area contributed by atoms with Crippen molar-refractivity contribution in [2.45, 2.75) is 27.2 Å². The van der Waals surface area contributed by atoms with Crippen molar-refractivity contribution in [3.8, 4) is 5.82 Å². The van der Waals surface area contributed by atoms with E-state index in [9.17, 15) is 0 Å². The summed E-state index contributed by atoms with van der Waals surface area (Å²) in [6, 6.07) is 2.09. The van der Waals surface area contributed by atoms with E-state index in [-0.39, 0.29) is 5.28 Å². The second-order valence-corrected chi connectivity index (χ2v) is 6.33. The second-order valence-electron chi connectivity index (χ2n) is 4.50. The molecule has 4 nitrogen and oxygen atoms in total. The summed E-state index contributed by atoms with van der Waals surface area (Å²) in [4.78, 5) is 10.7. The van der Waals surface area contributed by atoms with Crippen LogP contribution < -0.4 is 0 Å². The van der Waals surface area contributed by atoms with Gasteiger partial charge < -0.3 is 0 Å². The van der Waals surface area contributed by atoms with Crippen molar-refractivity contribution >= 4 is 44.8 Å². The third-order valence-corrected chi connectivity index (χ3v) is 5.04. The Morgan fingerprint density at radius 1 is 1.25 bits per heavy atom. The van der Waals surface area contributed by atoms with Gasteiger partial charge in [-0.15, -0.1) is 11.3 Å². The van der Waals surface area contributed by atoms with Gasteiger partial charge in [0, 0.05) is 4.88 Å². The van der Waals surface area contributed by atoms with Crippen molar-refractivity contribution in [3.63, 3.8) is 0 Å². The maximum absolute atomic E-state index is 6.21. The molecule has 0 atom stereocenters. The Labute approximate surface area is 130 Å². The zero-order valence-corrected chi connectivity index (χ0v) is 13.6. The number of nitrogens with zero attached hydrogens (tertiary/aromatic N) is 4. The quantitative estimate of drug-likeness (QED) is 0.657. The van der Waals surface area contributed by atoms with E-state index in [0.717, 1.165) is 28.0 Å². The van der Waals surface area contributed by atoms with Gasteiger partial charge in [-0.2, -0.15) is 10.1 Å². The van der Waals surface area contributed by atoms with Crippen molar-refractivity contribution in [1.29, 1.82) is 0 Å². The molecule has 3 aromatic heterocycles. The first kappa shape index (κ1) is 13.8. The predicted octanol–water partition coefficient (Wildman–Crippen LogP) is 4.36. The fraction of sp³-hybridized carbons (Fsp3) is 0.308. The largest absolute Gasteiger partial charge is 0.225 e. The van der Waals surface area contributed by atoms with Crippen LogP contribution in [0, 0.1) is 13.8 Å². The molecule has 0 aliphatic carbocycles. The van der Waals surface area contributed by atoms with E-state index < -0.39 is 0 Å². The Bertz CT molecular complexity index is 806. The van der Waals surface area contributed by atoms with Gasteiger partial charge in [0.2, 0.25) is 5.28 Å². The second kappa shape index (κ2) is 4.98. The molecular formula is C13H12Cl2N4S. The number of halogens is 2. The van der Waals surface area contributed by atoms with E-state index >= 15 is 0 Å². The van der Waals surface area contributed by atoms with Gasteiger partial charge in [-0.05, 0) is 37.9 Å². The highest BCUT2D eigenvalue weighted by molar-refractivity contribution is 7.18. The SMILES string of the molecule is CCc1cc2c(-n3nc(C)c(Cl)c3C)nc(Cl)nc2s1. The fourth-order valence-corrected chi connectivity index (χ4v) is 3.39. The van der Waals surface area contributed by atoms with Crippen LogP contribution in [0.25, 0.3) is 16.0 Å². The van der Waals surface area contributed by atoms with Gasteiger partial charge in [-0.1, -0.05) is 18.5 Å². The number of fused-ring (bicyclic) bond motifs is 1. The molecule has 0 aliphatic heterocycles. The number of thiophene rings is 1. The first-order valence-corrected chi connectivity index (χ1v) is 7.76.